The normalized spacial score (nSPS) is 10.6. The largest absolute Gasteiger partial charge is 1.00 e. The highest BCUT2D eigenvalue weighted by Crippen LogP contribution is 2.29. The topological polar surface area (TPSA) is 51.4 Å². The Hall–Kier alpha value is -2.38. The summed E-state index contributed by atoms with van der Waals surface area (Å²) in [5.41, 5.74) is 4.51. The molecule has 0 saturated carbocycles. The lowest BCUT2D eigenvalue weighted by Gasteiger charge is -2.13. The summed E-state index contributed by atoms with van der Waals surface area (Å²) in [4.78, 5) is 12.9. The summed E-state index contributed by atoms with van der Waals surface area (Å²) in [6.07, 6.45) is 17.9. The molecule has 3 aromatic rings. The molecule has 0 spiro atoms. The number of thiazole rings is 1. The van der Waals surface area contributed by atoms with Gasteiger partial charge in [-0.3, -0.25) is 4.79 Å². The van der Waals surface area contributed by atoms with Gasteiger partial charge in [0.15, 0.2) is 24.2 Å². The van der Waals surface area contributed by atoms with Crippen molar-refractivity contribution in [1.82, 2.24) is 0 Å². The molecule has 214 valence electrons. The zero-order valence-corrected chi connectivity index (χ0v) is 26.0. The van der Waals surface area contributed by atoms with Gasteiger partial charge in [-0.2, -0.15) is 4.57 Å². The zero-order valence-electron chi connectivity index (χ0n) is 23.6. The number of aromatic nitrogens is 1. The van der Waals surface area contributed by atoms with Gasteiger partial charge in [0.25, 0.3) is 5.91 Å². The van der Waals surface area contributed by atoms with Gasteiger partial charge in [0.05, 0.1) is 19.1 Å². The first-order valence-corrected chi connectivity index (χ1v) is 15.3. The minimum Gasteiger partial charge on any atom is -1.00 e. The molecule has 0 fully saturated rings. The molecule has 0 radical (unpaired) electrons. The first-order valence-electron chi connectivity index (χ1n) is 14.3. The van der Waals surface area contributed by atoms with Crippen LogP contribution in [0.2, 0.25) is 0 Å². The van der Waals surface area contributed by atoms with Gasteiger partial charge in [-0.25, -0.2) is 0 Å². The zero-order chi connectivity index (χ0) is 26.8. The van der Waals surface area contributed by atoms with Gasteiger partial charge in [-0.15, -0.1) is 0 Å². The van der Waals surface area contributed by atoms with E-state index in [0.717, 1.165) is 24.2 Å². The maximum atomic E-state index is 12.9. The van der Waals surface area contributed by atoms with Gasteiger partial charge in [0.2, 0.25) is 5.51 Å². The number of hydrogen-bond acceptors (Lipinski definition) is 4. The Morgan fingerprint density at radius 2 is 1.56 bits per heavy atom. The number of benzene rings is 2. The monoisotopic (exact) mass is 616 g/mol. The van der Waals surface area contributed by atoms with Crippen molar-refractivity contribution < 1.29 is 35.8 Å². The summed E-state index contributed by atoms with van der Waals surface area (Å²) in [5, 5.41) is 5.05. The van der Waals surface area contributed by atoms with Crippen LogP contribution < -0.4 is 36.3 Å². The van der Waals surface area contributed by atoms with E-state index in [2.05, 4.69) is 28.4 Å². The number of carbonyl (C=O) groups excluding carboxylic acids is 1. The number of nitrogens with zero attached hydrogens (tertiary/aromatic N) is 1. The summed E-state index contributed by atoms with van der Waals surface area (Å²) in [6.45, 7) is 3.70. The number of anilines is 1. The van der Waals surface area contributed by atoms with Crippen molar-refractivity contribution in [3.8, 4) is 11.5 Å². The first-order chi connectivity index (χ1) is 18.7. The maximum Gasteiger partial charge on any atom is 0.255 e. The van der Waals surface area contributed by atoms with Crippen LogP contribution in [0.4, 0.5) is 5.69 Å². The lowest BCUT2D eigenvalue weighted by molar-refractivity contribution is -0.683. The van der Waals surface area contributed by atoms with Gasteiger partial charge in [-0.05, 0) is 36.8 Å². The van der Waals surface area contributed by atoms with Crippen LogP contribution in [0.15, 0.2) is 59.6 Å². The van der Waals surface area contributed by atoms with Crippen LogP contribution in [0.3, 0.4) is 0 Å². The molecule has 0 aliphatic carbocycles. The van der Waals surface area contributed by atoms with E-state index < -0.39 is 0 Å². The maximum absolute atomic E-state index is 12.9. The quantitative estimate of drug-likeness (QED) is 0.144. The van der Waals surface area contributed by atoms with Crippen molar-refractivity contribution in [3.63, 3.8) is 0 Å². The van der Waals surface area contributed by atoms with Crippen molar-refractivity contribution >= 4 is 22.9 Å². The molecule has 7 heteroatoms. The minimum absolute atomic E-state index is 0. The fraction of sp³-hybridized carbons (Fsp3) is 0.500. The molecular weight excluding hydrogens is 572 g/mol. The van der Waals surface area contributed by atoms with Crippen molar-refractivity contribution in [2.75, 3.05) is 19.0 Å². The molecule has 0 saturated heterocycles. The Balaban J connectivity index is 0.00000533. The number of carbonyl (C=O) groups is 1. The number of methoxy groups -OCH3 is 1. The fourth-order valence-electron chi connectivity index (χ4n) is 4.57. The Bertz CT molecular complexity index is 1080. The number of hydrogen-bond donors (Lipinski definition) is 1. The van der Waals surface area contributed by atoms with Crippen LogP contribution in [0.5, 0.6) is 11.5 Å². The van der Waals surface area contributed by atoms with Crippen molar-refractivity contribution in [2.24, 2.45) is 0 Å². The van der Waals surface area contributed by atoms with Crippen LogP contribution in [0.25, 0.3) is 0 Å². The van der Waals surface area contributed by atoms with Gasteiger partial charge in [0.1, 0.15) is 0 Å². The lowest BCUT2D eigenvalue weighted by Crippen LogP contribution is -3.00. The smallest absolute Gasteiger partial charge is 0.255 e. The van der Waals surface area contributed by atoms with Gasteiger partial charge >= 0.3 is 0 Å². The predicted molar refractivity (Wildman–Crippen MR) is 158 cm³/mol. The van der Waals surface area contributed by atoms with E-state index in [0.29, 0.717) is 23.7 Å². The molecule has 2 aromatic carbocycles. The average Bonchev–Trinajstić information content (AvgIpc) is 3.44. The first kappa shape index (κ1) is 32.8. The Kier molecular flexibility index (Phi) is 16.5. The van der Waals surface area contributed by atoms with E-state index >= 15 is 0 Å². The minimum atomic E-state index is -0.170. The van der Waals surface area contributed by atoms with Crippen LogP contribution >= 0.6 is 11.3 Å². The molecule has 3 rings (SSSR count). The molecule has 1 heterocycles. The van der Waals surface area contributed by atoms with Gasteiger partial charge in [-0.1, -0.05) is 101 Å². The van der Waals surface area contributed by atoms with E-state index in [9.17, 15) is 4.79 Å². The summed E-state index contributed by atoms with van der Waals surface area (Å²) in [6, 6.07) is 13.3. The molecule has 0 bridgehead atoms. The number of ether oxygens (including phenoxy) is 2. The number of rotatable bonds is 19. The Morgan fingerprint density at radius 1 is 0.872 bits per heavy atom. The molecule has 0 aliphatic heterocycles. The number of unbranched alkanes of at least 4 members (excludes halogenated alkanes) is 11. The molecule has 0 atom stereocenters. The van der Waals surface area contributed by atoms with Gasteiger partial charge < -0.3 is 31.8 Å². The van der Waals surface area contributed by atoms with Crippen molar-refractivity contribution in [2.45, 2.75) is 90.5 Å². The Labute approximate surface area is 249 Å². The third-order valence-corrected chi connectivity index (χ3v) is 7.43. The number of nitrogens with one attached hydrogen (secondary N) is 1. The highest BCUT2D eigenvalue weighted by atomic mass is 79.9. The van der Waals surface area contributed by atoms with E-state index in [-0.39, 0.29) is 22.9 Å². The van der Waals surface area contributed by atoms with Crippen LogP contribution in [-0.2, 0) is 6.54 Å². The van der Waals surface area contributed by atoms with E-state index in [4.69, 9.17) is 9.47 Å². The number of halogens is 1. The average molecular weight is 618 g/mol. The summed E-state index contributed by atoms with van der Waals surface area (Å²) < 4.78 is 13.6. The fourth-order valence-corrected chi connectivity index (χ4v) is 5.16. The second-order valence-corrected chi connectivity index (χ2v) is 10.7. The van der Waals surface area contributed by atoms with E-state index in [1.54, 1.807) is 30.6 Å². The number of amides is 1. The van der Waals surface area contributed by atoms with Crippen molar-refractivity contribution in [3.05, 3.63) is 70.7 Å². The van der Waals surface area contributed by atoms with Crippen LogP contribution in [0.1, 0.15) is 99.9 Å². The summed E-state index contributed by atoms with van der Waals surface area (Å²) >= 11 is 1.66. The standard InChI is InChI=1S/C32H44N2O3S.BrH/c1-3-4-5-6-7-8-9-10-11-12-13-14-21-37-30-19-18-28(24-31(30)36-2)32(35)33-29-17-15-16-27(23-29)25-34-20-22-38-26-34;/h15-20,22-24,26H,3-14,21,25H2,1-2H3;1H. The van der Waals surface area contributed by atoms with Crippen LogP contribution in [0, 0.1) is 0 Å². The van der Waals surface area contributed by atoms with Crippen molar-refractivity contribution in [1.29, 1.82) is 0 Å². The van der Waals surface area contributed by atoms with E-state index in [1.807, 2.05) is 35.8 Å². The molecule has 0 aliphatic rings. The molecule has 1 N–H and O–H groups in total. The SMILES string of the molecule is CCCCCCCCCCCCCCOc1ccc(C(=O)Nc2cccc(C[n+]3ccsc3)c2)cc1OC.[Br-]. The Morgan fingerprint density at radius 3 is 2.21 bits per heavy atom. The molecule has 39 heavy (non-hydrogen) atoms. The molecule has 0 unspecified atom stereocenters. The predicted octanol–water partition coefficient (Wildman–Crippen LogP) is 5.43. The summed E-state index contributed by atoms with van der Waals surface area (Å²) in [7, 11) is 1.61. The van der Waals surface area contributed by atoms with Gasteiger partial charge in [0, 0.05) is 16.8 Å². The molecule has 1 amide bonds. The third kappa shape index (κ3) is 12.6. The second-order valence-electron chi connectivity index (χ2n) is 9.96. The highest BCUT2D eigenvalue weighted by Gasteiger charge is 2.12. The second kappa shape index (κ2) is 19.6. The van der Waals surface area contributed by atoms with Crippen LogP contribution in [-0.4, -0.2) is 19.6 Å². The summed E-state index contributed by atoms with van der Waals surface area (Å²) in [5.74, 6) is 1.09. The molecule has 5 nitrogen and oxygen atoms in total. The lowest BCUT2D eigenvalue weighted by atomic mass is 10.1. The molecule has 1 aromatic heterocycles. The third-order valence-electron chi connectivity index (χ3n) is 6.76. The molecular formula is C32H45BrN2O3S. The highest BCUT2D eigenvalue weighted by molar-refractivity contribution is 7.07. The van der Waals surface area contributed by atoms with E-state index in [1.165, 1.54) is 70.6 Å².